The Morgan fingerprint density at radius 3 is 2.65 bits per heavy atom. The van der Waals surface area contributed by atoms with E-state index in [9.17, 15) is 4.79 Å². The Morgan fingerprint density at radius 1 is 1.47 bits per heavy atom. The average molecular weight is 306 g/mol. The van der Waals surface area contributed by atoms with Crippen molar-refractivity contribution in [1.82, 2.24) is 5.32 Å². The summed E-state index contributed by atoms with van der Waals surface area (Å²) >= 11 is 3.56. The number of nitrogens with one attached hydrogen (secondary N) is 1. The molecule has 0 spiro atoms. The summed E-state index contributed by atoms with van der Waals surface area (Å²) in [6.45, 7) is 6.52. The van der Waals surface area contributed by atoms with Gasteiger partial charge in [-0.1, -0.05) is 29.8 Å². The van der Waals surface area contributed by atoms with Gasteiger partial charge in [0, 0.05) is 18.5 Å². The van der Waals surface area contributed by atoms with Gasteiger partial charge in [0.2, 0.25) is 5.91 Å². The first-order valence-corrected chi connectivity index (χ1v) is 7.71. The summed E-state index contributed by atoms with van der Waals surface area (Å²) in [6.07, 6.45) is 4.13. The number of hydrogen-bond acceptors (Lipinski definition) is 2. The molecule has 1 fully saturated rings. The zero-order valence-electron chi connectivity index (χ0n) is 10.9. The molecule has 4 heteroatoms. The van der Waals surface area contributed by atoms with Crippen LogP contribution in [0.4, 0.5) is 0 Å². The zero-order valence-corrected chi connectivity index (χ0v) is 12.5. The topological polar surface area (TPSA) is 38.3 Å². The first-order valence-electron chi connectivity index (χ1n) is 6.59. The molecule has 0 saturated carbocycles. The minimum Gasteiger partial charge on any atom is -0.381 e. The van der Waals surface area contributed by atoms with E-state index in [2.05, 4.69) is 35.1 Å². The molecule has 0 bridgehead atoms. The van der Waals surface area contributed by atoms with Crippen molar-refractivity contribution in [3.05, 3.63) is 0 Å². The maximum Gasteiger partial charge on any atom is 0.225 e. The van der Waals surface area contributed by atoms with Gasteiger partial charge in [0.25, 0.3) is 0 Å². The standard InChI is InChI=1S/C13H24BrNO2/c1-3-13(4-2,9-14)10-15-12(16)11-6-5-7-17-8-11/h11H,3-10H2,1-2H3,(H,15,16). The van der Waals surface area contributed by atoms with E-state index in [1.807, 2.05) is 0 Å². The predicted octanol–water partition coefficient (Wildman–Crippen LogP) is 2.73. The van der Waals surface area contributed by atoms with E-state index in [1.165, 1.54) is 0 Å². The first-order chi connectivity index (χ1) is 8.17. The fourth-order valence-electron chi connectivity index (χ4n) is 2.10. The molecule has 0 radical (unpaired) electrons. The van der Waals surface area contributed by atoms with Gasteiger partial charge in [-0.3, -0.25) is 4.79 Å². The molecule has 0 aromatic heterocycles. The van der Waals surface area contributed by atoms with Crippen molar-refractivity contribution in [1.29, 1.82) is 0 Å². The minimum absolute atomic E-state index is 0.0606. The molecule has 0 aromatic carbocycles. The van der Waals surface area contributed by atoms with Crippen molar-refractivity contribution >= 4 is 21.8 Å². The van der Waals surface area contributed by atoms with Crippen LogP contribution >= 0.6 is 15.9 Å². The highest BCUT2D eigenvalue weighted by Gasteiger charge is 2.28. The van der Waals surface area contributed by atoms with Crippen molar-refractivity contribution in [2.45, 2.75) is 39.5 Å². The van der Waals surface area contributed by atoms with Gasteiger partial charge in [0.05, 0.1) is 12.5 Å². The Kier molecular flexibility index (Phi) is 6.49. The number of alkyl halides is 1. The summed E-state index contributed by atoms with van der Waals surface area (Å²) in [5.41, 5.74) is 0.200. The maximum atomic E-state index is 12.0. The van der Waals surface area contributed by atoms with Crippen LogP contribution in [0.2, 0.25) is 0 Å². The maximum absolute atomic E-state index is 12.0. The molecule has 0 aliphatic carbocycles. The van der Waals surface area contributed by atoms with Gasteiger partial charge in [-0.25, -0.2) is 0 Å². The number of halogens is 1. The minimum atomic E-state index is 0.0606. The third-order valence-corrected chi connectivity index (χ3v) is 5.14. The van der Waals surface area contributed by atoms with Crippen LogP contribution in [0.3, 0.4) is 0 Å². The molecule has 1 aliphatic rings. The number of hydrogen-bond donors (Lipinski definition) is 1. The fraction of sp³-hybridized carbons (Fsp3) is 0.923. The van der Waals surface area contributed by atoms with Gasteiger partial charge in [0.1, 0.15) is 0 Å². The molecular formula is C13H24BrNO2. The van der Waals surface area contributed by atoms with E-state index in [0.29, 0.717) is 6.61 Å². The summed E-state index contributed by atoms with van der Waals surface area (Å²) in [7, 11) is 0. The van der Waals surface area contributed by atoms with Crippen LogP contribution in [-0.4, -0.2) is 31.0 Å². The normalized spacial score (nSPS) is 21.2. The second-order valence-electron chi connectivity index (χ2n) is 4.97. The van der Waals surface area contributed by atoms with Crippen molar-refractivity contribution in [3.63, 3.8) is 0 Å². The molecule has 1 N–H and O–H groups in total. The number of rotatable bonds is 6. The van der Waals surface area contributed by atoms with E-state index < -0.39 is 0 Å². The largest absolute Gasteiger partial charge is 0.381 e. The van der Waals surface area contributed by atoms with Crippen molar-refractivity contribution in [3.8, 4) is 0 Å². The third kappa shape index (κ3) is 4.25. The van der Waals surface area contributed by atoms with Crippen LogP contribution in [0.15, 0.2) is 0 Å². The summed E-state index contributed by atoms with van der Waals surface area (Å²) in [5, 5.41) is 4.04. The quantitative estimate of drug-likeness (QED) is 0.766. The van der Waals surface area contributed by atoms with E-state index >= 15 is 0 Å². The van der Waals surface area contributed by atoms with Gasteiger partial charge in [-0.15, -0.1) is 0 Å². The highest BCUT2D eigenvalue weighted by atomic mass is 79.9. The molecule has 3 nitrogen and oxygen atoms in total. The average Bonchev–Trinajstić information content (AvgIpc) is 2.41. The molecule has 1 amide bonds. The Hall–Kier alpha value is -0.0900. The Balaban J connectivity index is 2.40. The lowest BCUT2D eigenvalue weighted by Crippen LogP contribution is -2.42. The van der Waals surface area contributed by atoms with E-state index in [1.54, 1.807) is 0 Å². The molecule has 1 saturated heterocycles. The Labute approximate surface area is 113 Å². The molecule has 1 aliphatic heterocycles. The van der Waals surface area contributed by atoms with Gasteiger partial charge in [-0.05, 0) is 31.1 Å². The zero-order chi connectivity index (χ0) is 12.7. The molecule has 1 heterocycles. The SMILES string of the molecule is CCC(CC)(CBr)CNC(=O)C1CCCOC1. The molecule has 17 heavy (non-hydrogen) atoms. The van der Waals surface area contributed by atoms with Crippen molar-refractivity contribution < 1.29 is 9.53 Å². The monoisotopic (exact) mass is 305 g/mol. The van der Waals surface area contributed by atoms with Crippen LogP contribution in [0.25, 0.3) is 0 Å². The van der Waals surface area contributed by atoms with Crippen LogP contribution in [0.1, 0.15) is 39.5 Å². The smallest absolute Gasteiger partial charge is 0.225 e. The fourth-order valence-corrected chi connectivity index (χ4v) is 3.09. The molecule has 100 valence electrons. The number of ether oxygens (including phenoxy) is 1. The molecule has 0 aromatic rings. The van der Waals surface area contributed by atoms with Gasteiger partial charge < -0.3 is 10.1 Å². The van der Waals surface area contributed by atoms with Crippen LogP contribution in [0.5, 0.6) is 0 Å². The molecule has 1 atom stereocenters. The molecule has 1 rings (SSSR count). The highest BCUT2D eigenvalue weighted by molar-refractivity contribution is 9.09. The van der Waals surface area contributed by atoms with Crippen LogP contribution in [0, 0.1) is 11.3 Å². The lowest BCUT2D eigenvalue weighted by molar-refractivity contribution is -0.129. The van der Waals surface area contributed by atoms with E-state index in [0.717, 1.165) is 44.2 Å². The van der Waals surface area contributed by atoms with E-state index in [-0.39, 0.29) is 17.2 Å². The van der Waals surface area contributed by atoms with Gasteiger partial charge in [0.15, 0.2) is 0 Å². The predicted molar refractivity (Wildman–Crippen MR) is 73.4 cm³/mol. The van der Waals surface area contributed by atoms with Crippen LogP contribution < -0.4 is 5.32 Å². The number of amides is 1. The second-order valence-corrected chi connectivity index (χ2v) is 5.53. The summed E-state index contributed by atoms with van der Waals surface area (Å²) in [6, 6.07) is 0. The number of carbonyl (C=O) groups is 1. The summed E-state index contributed by atoms with van der Waals surface area (Å²) < 4.78 is 5.34. The Morgan fingerprint density at radius 2 is 2.18 bits per heavy atom. The van der Waals surface area contributed by atoms with Crippen LogP contribution in [-0.2, 0) is 9.53 Å². The molecular weight excluding hydrogens is 282 g/mol. The second kappa shape index (κ2) is 7.37. The first kappa shape index (κ1) is 15.0. The summed E-state index contributed by atoms with van der Waals surface area (Å²) in [5.74, 6) is 0.224. The number of carbonyl (C=O) groups excluding carboxylic acids is 1. The Bertz CT molecular complexity index is 227. The summed E-state index contributed by atoms with van der Waals surface area (Å²) in [4.78, 5) is 12.0. The van der Waals surface area contributed by atoms with Gasteiger partial charge >= 0.3 is 0 Å². The van der Waals surface area contributed by atoms with Crippen molar-refractivity contribution in [2.24, 2.45) is 11.3 Å². The van der Waals surface area contributed by atoms with E-state index in [4.69, 9.17) is 4.74 Å². The highest BCUT2D eigenvalue weighted by Crippen LogP contribution is 2.28. The lowest BCUT2D eigenvalue weighted by atomic mass is 9.84. The van der Waals surface area contributed by atoms with Crippen molar-refractivity contribution in [2.75, 3.05) is 25.1 Å². The third-order valence-electron chi connectivity index (χ3n) is 3.95. The van der Waals surface area contributed by atoms with Gasteiger partial charge in [-0.2, -0.15) is 0 Å². The molecule has 1 unspecified atom stereocenters. The lowest BCUT2D eigenvalue weighted by Gasteiger charge is -2.31.